The molecule has 3 rings (SSSR count). The fourth-order valence-electron chi connectivity index (χ4n) is 4.96. The van der Waals surface area contributed by atoms with Gasteiger partial charge in [-0.05, 0) is 56.1 Å². The van der Waals surface area contributed by atoms with Gasteiger partial charge in [-0.15, -0.1) is 0 Å². The van der Waals surface area contributed by atoms with Crippen LogP contribution in [0.4, 0.5) is 0 Å². The zero-order valence-corrected chi connectivity index (χ0v) is 16.5. The van der Waals surface area contributed by atoms with Crippen molar-refractivity contribution >= 4 is 0 Å². The van der Waals surface area contributed by atoms with Crippen LogP contribution in [0.15, 0.2) is 0 Å². The smallest absolute Gasteiger partial charge is 0.0638 e. The largest absolute Gasteiger partial charge is 0.348 e. The van der Waals surface area contributed by atoms with Gasteiger partial charge in [0.05, 0.1) is 5.36 Å². The topological polar surface area (TPSA) is 28.8 Å². The Morgan fingerprint density at radius 1 is 0.680 bits per heavy atom. The Morgan fingerprint density at radius 3 is 1.68 bits per heavy atom. The lowest BCUT2D eigenvalue weighted by Crippen LogP contribution is -2.22. The van der Waals surface area contributed by atoms with Crippen LogP contribution in [0.25, 0.3) is 0 Å². The summed E-state index contributed by atoms with van der Waals surface area (Å²) < 4.78 is 2.66. The van der Waals surface area contributed by atoms with Crippen molar-refractivity contribution in [1.29, 1.82) is 5.41 Å². The van der Waals surface area contributed by atoms with E-state index in [1.165, 1.54) is 119 Å². The third kappa shape index (κ3) is 4.57. The van der Waals surface area contributed by atoms with Crippen LogP contribution in [0.1, 0.15) is 106 Å². The van der Waals surface area contributed by atoms with Crippen molar-refractivity contribution in [3.8, 4) is 0 Å². The summed E-state index contributed by atoms with van der Waals surface area (Å²) >= 11 is 0. The minimum absolute atomic E-state index is 0.916. The molecule has 1 aromatic heterocycles. The fraction of sp³-hybridized carbons (Fsp3) is 0.783. The van der Waals surface area contributed by atoms with Crippen LogP contribution in [0.2, 0.25) is 0 Å². The van der Waals surface area contributed by atoms with Gasteiger partial charge < -0.3 is 9.98 Å². The molecule has 0 atom stereocenters. The minimum atomic E-state index is 0.916. The van der Waals surface area contributed by atoms with Crippen molar-refractivity contribution in [3.63, 3.8) is 0 Å². The zero-order chi connectivity index (χ0) is 17.5. The lowest BCUT2D eigenvalue weighted by atomic mass is 10.1. The summed E-state index contributed by atoms with van der Waals surface area (Å²) in [6.07, 6.45) is 21.4. The predicted octanol–water partition coefficient (Wildman–Crippen LogP) is 5.87. The van der Waals surface area contributed by atoms with Gasteiger partial charge >= 0.3 is 0 Å². The molecule has 1 N–H and O–H groups in total. The van der Waals surface area contributed by atoms with Crippen LogP contribution in [0.3, 0.4) is 0 Å². The Bertz CT molecular complexity index is 573. The standard InChI is InChI=1S/C23H38N2/c1-2-3-4-5-6-7-8-9-10-11-18-25-21-16-12-14-19(21)23(24)20-15-13-17-22(20)25/h24H,2-18H2,1H3. The first kappa shape index (κ1) is 18.7. The van der Waals surface area contributed by atoms with Crippen molar-refractivity contribution in [3.05, 3.63) is 27.9 Å². The molecule has 0 radical (unpaired) electrons. The van der Waals surface area contributed by atoms with Crippen molar-refractivity contribution in [2.24, 2.45) is 0 Å². The first-order valence-electron chi connectivity index (χ1n) is 11.1. The van der Waals surface area contributed by atoms with E-state index in [4.69, 9.17) is 5.41 Å². The number of pyridine rings is 1. The number of rotatable bonds is 11. The van der Waals surface area contributed by atoms with E-state index in [9.17, 15) is 0 Å². The summed E-state index contributed by atoms with van der Waals surface area (Å²) in [5, 5.41) is 9.46. The molecule has 25 heavy (non-hydrogen) atoms. The van der Waals surface area contributed by atoms with Gasteiger partial charge in [-0.25, -0.2) is 0 Å². The molecule has 2 aliphatic carbocycles. The lowest BCUT2D eigenvalue weighted by molar-refractivity contribution is 0.521. The van der Waals surface area contributed by atoms with Crippen molar-refractivity contribution in [2.45, 2.75) is 116 Å². The van der Waals surface area contributed by atoms with E-state index in [1.807, 2.05) is 0 Å². The van der Waals surface area contributed by atoms with E-state index in [-0.39, 0.29) is 0 Å². The molecule has 1 aromatic rings. The van der Waals surface area contributed by atoms with Crippen LogP contribution in [0.5, 0.6) is 0 Å². The van der Waals surface area contributed by atoms with Crippen LogP contribution in [-0.2, 0) is 32.2 Å². The lowest BCUT2D eigenvalue weighted by Gasteiger charge is -2.19. The molecule has 1 heterocycles. The van der Waals surface area contributed by atoms with Crippen LogP contribution >= 0.6 is 0 Å². The molecule has 0 saturated heterocycles. The molecule has 0 bridgehead atoms. The molecule has 0 fully saturated rings. The van der Waals surface area contributed by atoms with Gasteiger partial charge in [0.2, 0.25) is 0 Å². The van der Waals surface area contributed by atoms with Crippen molar-refractivity contribution in [2.75, 3.05) is 0 Å². The number of hydrogen-bond donors (Lipinski definition) is 1. The fourth-order valence-corrected chi connectivity index (χ4v) is 4.96. The summed E-state index contributed by atoms with van der Waals surface area (Å²) in [5.41, 5.74) is 5.85. The maximum Gasteiger partial charge on any atom is 0.0638 e. The SMILES string of the molecule is CCCCCCCCCCCCn1c2c(c(=N)c3c1CCC3)CCC2. The van der Waals surface area contributed by atoms with E-state index in [2.05, 4.69) is 11.5 Å². The van der Waals surface area contributed by atoms with E-state index in [0.29, 0.717) is 0 Å². The van der Waals surface area contributed by atoms with Crippen LogP contribution in [-0.4, -0.2) is 4.57 Å². The van der Waals surface area contributed by atoms with Crippen molar-refractivity contribution < 1.29 is 0 Å². The number of hydrogen-bond acceptors (Lipinski definition) is 1. The molecule has 2 aliphatic rings. The monoisotopic (exact) mass is 342 g/mol. The average molecular weight is 343 g/mol. The normalized spacial score (nSPS) is 15.6. The van der Waals surface area contributed by atoms with Gasteiger partial charge in [0.1, 0.15) is 0 Å². The first-order chi connectivity index (χ1) is 12.3. The molecular formula is C23H38N2. The van der Waals surface area contributed by atoms with E-state index in [0.717, 1.165) is 18.2 Å². The summed E-state index contributed by atoms with van der Waals surface area (Å²) in [6.45, 7) is 3.50. The van der Waals surface area contributed by atoms with Gasteiger partial charge in [-0.3, -0.25) is 0 Å². The zero-order valence-electron chi connectivity index (χ0n) is 16.5. The second kappa shape index (κ2) is 9.59. The Labute approximate surface area is 154 Å². The summed E-state index contributed by atoms with van der Waals surface area (Å²) in [7, 11) is 0. The number of nitrogens with zero attached hydrogens (tertiary/aromatic N) is 1. The maximum absolute atomic E-state index is 8.54. The molecule has 2 heteroatoms. The second-order valence-electron chi connectivity index (χ2n) is 8.27. The summed E-state index contributed by atoms with van der Waals surface area (Å²) in [5.74, 6) is 0. The third-order valence-corrected chi connectivity index (χ3v) is 6.37. The molecule has 0 aliphatic heterocycles. The molecule has 0 amide bonds. The quantitative estimate of drug-likeness (QED) is 0.488. The predicted molar refractivity (Wildman–Crippen MR) is 106 cm³/mol. The number of aromatic nitrogens is 1. The van der Waals surface area contributed by atoms with Crippen LogP contribution in [0, 0.1) is 5.41 Å². The van der Waals surface area contributed by atoms with Gasteiger partial charge in [0, 0.05) is 17.9 Å². The van der Waals surface area contributed by atoms with Gasteiger partial charge in [0.15, 0.2) is 0 Å². The van der Waals surface area contributed by atoms with E-state index < -0.39 is 0 Å². The Hall–Kier alpha value is -1.05. The molecular weight excluding hydrogens is 304 g/mol. The first-order valence-corrected chi connectivity index (χ1v) is 11.1. The van der Waals surface area contributed by atoms with Gasteiger partial charge in [0.25, 0.3) is 0 Å². The summed E-state index contributed by atoms with van der Waals surface area (Å²) in [6, 6.07) is 0. The minimum Gasteiger partial charge on any atom is -0.348 e. The highest BCUT2D eigenvalue weighted by atomic mass is 15.0. The molecule has 0 unspecified atom stereocenters. The Kier molecular flexibility index (Phi) is 7.19. The molecule has 140 valence electrons. The second-order valence-corrected chi connectivity index (χ2v) is 8.27. The number of nitrogens with one attached hydrogen (secondary N) is 1. The number of fused-ring (bicyclic) bond motifs is 2. The van der Waals surface area contributed by atoms with Gasteiger partial charge in [-0.2, -0.15) is 0 Å². The van der Waals surface area contributed by atoms with Crippen LogP contribution < -0.4 is 5.36 Å². The van der Waals surface area contributed by atoms with Gasteiger partial charge in [-0.1, -0.05) is 64.7 Å². The molecule has 0 saturated carbocycles. The third-order valence-electron chi connectivity index (χ3n) is 6.37. The molecule has 0 aromatic carbocycles. The average Bonchev–Trinajstić information content (AvgIpc) is 3.29. The highest BCUT2D eigenvalue weighted by Crippen LogP contribution is 2.27. The van der Waals surface area contributed by atoms with E-state index >= 15 is 0 Å². The maximum atomic E-state index is 8.54. The highest BCUT2D eigenvalue weighted by molar-refractivity contribution is 5.36. The number of unbranched alkanes of at least 4 members (excludes halogenated alkanes) is 9. The molecule has 0 spiro atoms. The summed E-state index contributed by atoms with van der Waals surface area (Å²) in [4.78, 5) is 0. The van der Waals surface area contributed by atoms with E-state index in [1.54, 1.807) is 0 Å². The Morgan fingerprint density at radius 2 is 1.16 bits per heavy atom. The van der Waals surface area contributed by atoms with Crippen molar-refractivity contribution in [1.82, 2.24) is 4.57 Å². The highest BCUT2D eigenvalue weighted by Gasteiger charge is 2.24. The molecule has 2 nitrogen and oxygen atoms in total. The Balaban J connectivity index is 1.43.